The lowest BCUT2D eigenvalue weighted by Crippen LogP contribution is -2.25. The number of Topliss-reactive ketones (excluding diaryl/α,β-unsaturated/α-hetero) is 1. The fraction of sp³-hybridized carbons (Fsp3) is 0.200. The van der Waals surface area contributed by atoms with Crippen LogP contribution in [0.25, 0.3) is 16.6 Å². The first-order chi connectivity index (χ1) is 12.7. The monoisotopic (exact) mass is 348 g/mol. The molecule has 132 valence electrons. The molecule has 1 aliphatic heterocycles. The molecule has 0 spiro atoms. The summed E-state index contributed by atoms with van der Waals surface area (Å²) in [5.74, 6) is 1.55. The molecule has 6 nitrogen and oxygen atoms in total. The number of anilines is 1. The predicted octanol–water partition coefficient (Wildman–Crippen LogP) is 3.07. The number of para-hydroxylation sites is 4. The van der Waals surface area contributed by atoms with E-state index in [4.69, 9.17) is 10.5 Å². The van der Waals surface area contributed by atoms with Crippen LogP contribution in [0.15, 0.2) is 54.4 Å². The van der Waals surface area contributed by atoms with Crippen molar-refractivity contribution in [2.24, 2.45) is 5.73 Å². The van der Waals surface area contributed by atoms with Gasteiger partial charge >= 0.3 is 0 Å². The van der Waals surface area contributed by atoms with Crippen LogP contribution in [0.1, 0.15) is 19.2 Å². The summed E-state index contributed by atoms with van der Waals surface area (Å²) in [4.78, 5) is 22.2. The largest absolute Gasteiger partial charge is 0.491 e. The highest BCUT2D eigenvalue weighted by atomic mass is 16.5. The summed E-state index contributed by atoms with van der Waals surface area (Å²) in [5, 5.41) is 0. The van der Waals surface area contributed by atoms with Crippen LogP contribution in [0.4, 0.5) is 5.69 Å². The zero-order chi connectivity index (χ0) is 18.1. The molecule has 0 unspecified atom stereocenters. The number of ketones is 1. The summed E-state index contributed by atoms with van der Waals surface area (Å²) in [6.45, 7) is 2.83. The number of fused-ring (bicyclic) bond motifs is 1. The van der Waals surface area contributed by atoms with E-state index >= 15 is 0 Å². The van der Waals surface area contributed by atoms with Gasteiger partial charge in [0.05, 0.1) is 29.9 Å². The van der Waals surface area contributed by atoms with Gasteiger partial charge in [0.1, 0.15) is 23.0 Å². The number of benzene rings is 2. The Hall–Kier alpha value is -3.28. The fourth-order valence-corrected chi connectivity index (χ4v) is 3.14. The smallest absolute Gasteiger partial charge is 0.189 e. The molecule has 0 atom stereocenters. The SMILES string of the molecule is CCCOc1ccccc1N1CC(=O)C(c2nc3ccccc3[nH]2)=C1N. The predicted molar refractivity (Wildman–Crippen MR) is 102 cm³/mol. The van der Waals surface area contributed by atoms with Gasteiger partial charge in [-0.05, 0) is 30.7 Å². The molecule has 6 heteroatoms. The number of hydrogen-bond donors (Lipinski definition) is 2. The quantitative estimate of drug-likeness (QED) is 0.740. The van der Waals surface area contributed by atoms with Gasteiger partial charge in [0.2, 0.25) is 0 Å². The Kier molecular flexibility index (Phi) is 4.08. The number of carbonyl (C=O) groups is 1. The Morgan fingerprint density at radius 3 is 2.77 bits per heavy atom. The topological polar surface area (TPSA) is 84.2 Å². The lowest BCUT2D eigenvalue weighted by Gasteiger charge is -2.21. The normalized spacial score (nSPS) is 14.5. The molecular formula is C20H20N4O2. The molecule has 0 saturated heterocycles. The van der Waals surface area contributed by atoms with Crippen molar-refractivity contribution in [2.45, 2.75) is 13.3 Å². The maximum absolute atomic E-state index is 12.7. The minimum absolute atomic E-state index is 0.0631. The van der Waals surface area contributed by atoms with Crippen LogP contribution in [-0.2, 0) is 4.79 Å². The number of rotatable bonds is 5. The number of aromatic nitrogens is 2. The molecule has 0 radical (unpaired) electrons. The van der Waals surface area contributed by atoms with Gasteiger partial charge in [-0.1, -0.05) is 31.2 Å². The van der Waals surface area contributed by atoms with Gasteiger partial charge in [-0.3, -0.25) is 4.79 Å². The molecule has 26 heavy (non-hydrogen) atoms. The Morgan fingerprint density at radius 2 is 1.96 bits per heavy atom. The lowest BCUT2D eigenvalue weighted by molar-refractivity contribution is -0.112. The summed E-state index contributed by atoms with van der Waals surface area (Å²) in [6.07, 6.45) is 0.906. The third-order valence-electron chi connectivity index (χ3n) is 4.37. The number of aromatic amines is 1. The van der Waals surface area contributed by atoms with Crippen molar-refractivity contribution in [3.05, 3.63) is 60.2 Å². The van der Waals surface area contributed by atoms with E-state index in [-0.39, 0.29) is 12.3 Å². The number of hydrogen-bond acceptors (Lipinski definition) is 5. The third kappa shape index (κ3) is 2.69. The van der Waals surface area contributed by atoms with E-state index in [0.717, 1.165) is 28.9 Å². The molecular weight excluding hydrogens is 328 g/mol. The maximum Gasteiger partial charge on any atom is 0.189 e. The standard InChI is InChI=1S/C20H20N4O2/c1-2-11-26-17-10-6-5-9-15(17)24-12-16(25)18(19(24)21)20-22-13-7-3-4-8-14(13)23-20/h3-10H,2,11-12,21H2,1H3,(H,22,23). The number of nitrogens with one attached hydrogen (secondary N) is 1. The molecule has 0 fully saturated rings. The van der Waals surface area contributed by atoms with E-state index in [0.29, 0.717) is 23.8 Å². The second kappa shape index (κ2) is 6.55. The highest BCUT2D eigenvalue weighted by molar-refractivity contribution is 6.26. The van der Waals surface area contributed by atoms with Gasteiger partial charge in [0.15, 0.2) is 5.78 Å². The summed E-state index contributed by atoms with van der Waals surface area (Å²) in [5.41, 5.74) is 9.26. The first kappa shape index (κ1) is 16.2. The van der Waals surface area contributed by atoms with Gasteiger partial charge in [0, 0.05) is 0 Å². The van der Waals surface area contributed by atoms with Crippen LogP contribution in [0.5, 0.6) is 5.75 Å². The fourth-order valence-electron chi connectivity index (χ4n) is 3.14. The van der Waals surface area contributed by atoms with Crippen molar-refractivity contribution in [3.63, 3.8) is 0 Å². The zero-order valence-electron chi connectivity index (χ0n) is 14.5. The molecule has 0 bridgehead atoms. The van der Waals surface area contributed by atoms with Gasteiger partial charge < -0.3 is 20.4 Å². The second-order valence-corrected chi connectivity index (χ2v) is 6.19. The molecule has 2 heterocycles. The molecule has 2 aromatic carbocycles. The van der Waals surface area contributed by atoms with Gasteiger partial charge in [0.25, 0.3) is 0 Å². The molecule has 1 aliphatic rings. The first-order valence-electron chi connectivity index (χ1n) is 8.66. The van der Waals surface area contributed by atoms with E-state index in [2.05, 4.69) is 16.9 Å². The van der Waals surface area contributed by atoms with E-state index in [1.54, 1.807) is 4.90 Å². The Balaban J connectivity index is 1.75. The van der Waals surface area contributed by atoms with Crippen molar-refractivity contribution in [3.8, 4) is 5.75 Å². The van der Waals surface area contributed by atoms with Crippen molar-refractivity contribution in [2.75, 3.05) is 18.1 Å². The van der Waals surface area contributed by atoms with E-state index in [1.807, 2.05) is 48.5 Å². The zero-order valence-corrected chi connectivity index (χ0v) is 14.5. The highest BCUT2D eigenvalue weighted by Crippen LogP contribution is 2.35. The van der Waals surface area contributed by atoms with Crippen molar-refractivity contribution in [1.82, 2.24) is 9.97 Å². The molecule has 0 amide bonds. The lowest BCUT2D eigenvalue weighted by atomic mass is 10.2. The summed E-state index contributed by atoms with van der Waals surface area (Å²) >= 11 is 0. The Bertz CT molecular complexity index is 973. The maximum atomic E-state index is 12.7. The van der Waals surface area contributed by atoms with Crippen LogP contribution in [0.3, 0.4) is 0 Å². The minimum Gasteiger partial charge on any atom is -0.491 e. The molecule has 3 N–H and O–H groups in total. The summed E-state index contributed by atoms with van der Waals surface area (Å²) in [7, 11) is 0. The molecule has 0 saturated carbocycles. The van der Waals surface area contributed by atoms with Crippen LogP contribution in [0.2, 0.25) is 0 Å². The van der Waals surface area contributed by atoms with E-state index < -0.39 is 0 Å². The van der Waals surface area contributed by atoms with Gasteiger partial charge in [-0.25, -0.2) is 4.98 Å². The van der Waals surface area contributed by atoms with Crippen LogP contribution < -0.4 is 15.4 Å². The number of H-pyrrole nitrogens is 1. The first-order valence-corrected chi connectivity index (χ1v) is 8.66. The van der Waals surface area contributed by atoms with Gasteiger partial charge in [-0.2, -0.15) is 0 Å². The van der Waals surface area contributed by atoms with Gasteiger partial charge in [-0.15, -0.1) is 0 Å². The third-order valence-corrected chi connectivity index (χ3v) is 4.37. The van der Waals surface area contributed by atoms with E-state index in [1.165, 1.54) is 0 Å². The Morgan fingerprint density at radius 1 is 1.19 bits per heavy atom. The van der Waals surface area contributed by atoms with Crippen LogP contribution in [-0.4, -0.2) is 28.9 Å². The average molecular weight is 348 g/mol. The number of nitrogens with zero attached hydrogens (tertiary/aromatic N) is 2. The van der Waals surface area contributed by atoms with Crippen molar-refractivity contribution in [1.29, 1.82) is 0 Å². The van der Waals surface area contributed by atoms with Crippen LogP contribution >= 0.6 is 0 Å². The molecule has 3 aromatic rings. The van der Waals surface area contributed by atoms with E-state index in [9.17, 15) is 4.79 Å². The molecule has 0 aliphatic carbocycles. The minimum atomic E-state index is -0.0631. The Labute approximate surface area is 151 Å². The van der Waals surface area contributed by atoms with Crippen LogP contribution in [0, 0.1) is 0 Å². The average Bonchev–Trinajstić information content (AvgIpc) is 3.20. The number of carbonyl (C=O) groups excluding carboxylic acids is 1. The number of ether oxygens (including phenoxy) is 1. The number of nitrogens with two attached hydrogens (primary N) is 1. The second-order valence-electron chi connectivity index (χ2n) is 6.19. The molecule has 1 aromatic heterocycles. The molecule has 4 rings (SSSR count). The summed E-state index contributed by atoms with van der Waals surface area (Å²) in [6, 6.07) is 15.3. The summed E-state index contributed by atoms with van der Waals surface area (Å²) < 4.78 is 5.82. The number of imidazole rings is 1. The highest BCUT2D eigenvalue weighted by Gasteiger charge is 2.33. The van der Waals surface area contributed by atoms with Crippen molar-refractivity contribution < 1.29 is 9.53 Å². The van der Waals surface area contributed by atoms with Crippen molar-refractivity contribution >= 4 is 28.1 Å².